The van der Waals surface area contributed by atoms with Gasteiger partial charge in [-0.2, -0.15) is 0 Å². The molecule has 3 heterocycles. The van der Waals surface area contributed by atoms with Crippen LogP contribution in [0.3, 0.4) is 0 Å². The summed E-state index contributed by atoms with van der Waals surface area (Å²) in [5.74, 6) is 2.63. The molecule has 3 unspecified atom stereocenters. The van der Waals surface area contributed by atoms with Gasteiger partial charge in [0.2, 0.25) is 0 Å². The van der Waals surface area contributed by atoms with E-state index in [1.54, 1.807) is 11.9 Å². The van der Waals surface area contributed by atoms with Crippen molar-refractivity contribution < 1.29 is 9.53 Å². The van der Waals surface area contributed by atoms with Crippen molar-refractivity contribution >= 4 is 11.7 Å². The van der Waals surface area contributed by atoms with E-state index in [1.807, 2.05) is 0 Å². The third kappa shape index (κ3) is 5.30. The maximum atomic E-state index is 13.0. The Hall–Kier alpha value is -2.94. The molecule has 1 N–H and O–H groups in total. The van der Waals surface area contributed by atoms with Crippen molar-refractivity contribution in [1.29, 1.82) is 0 Å². The topological polar surface area (TPSA) is 67.9 Å². The van der Waals surface area contributed by atoms with Crippen molar-refractivity contribution in [3.8, 4) is 0 Å². The van der Waals surface area contributed by atoms with Gasteiger partial charge in [0.1, 0.15) is 25.0 Å². The van der Waals surface area contributed by atoms with Crippen molar-refractivity contribution in [3.63, 3.8) is 0 Å². The molecule has 1 aromatic heterocycles. The molecule has 4 aliphatic rings. The summed E-state index contributed by atoms with van der Waals surface area (Å²) in [7, 11) is 1.77. The van der Waals surface area contributed by atoms with Crippen LogP contribution in [-0.4, -0.2) is 90.4 Å². The summed E-state index contributed by atoms with van der Waals surface area (Å²) in [6, 6.07) is 11.5. The van der Waals surface area contributed by atoms with Gasteiger partial charge in [-0.15, -0.1) is 0 Å². The highest BCUT2D eigenvalue weighted by Crippen LogP contribution is 2.65. The van der Waals surface area contributed by atoms with Crippen LogP contribution in [0.15, 0.2) is 54.6 Å². The Morgan fingerprint density at radius 2 is 1.90 bits per heavy atom. The molecule has 2 aliphatic heterocycles. The maximum absolute atomic E-state index is 13.0. The minimum Gasteiger partial charge on any atom is -0.341 e. The van der Waals surface area contributed by atoms with Crippen LogP contribution in [0.1, 0.15) is 48.2 Å². The minimum atomic E-state index is -0.0675. The Labute approximate surface area is 232 Å². The molecule has 2 aliphatic carbocycles. The lowest BCUT2D eigenvalue weighted by molar-refractivity contribution is 0.0300. The zero-order chi connectivity index (χ0) is 27.0. The van der Waals surface area contributed by atoms with E-state index in [4.69, 9.17) is 9.72 Å². The number of ether oxygens (including phenoxy) is 1. The number of imidazole rings is 1. The summed E-state index contributed by atoms with van der Waals surface area (Å²) < 4.78 is 5.76. The third-order valence-corrected chi connectivity index (χ3v) is 8.74. The average molecular weight is 531 g/mol. The number of benzene rings is 1. The quantitative estimate of drug-likeness (QED) is 0.558. The number of nitrogens with one attached hydrogen (secondary N) is 1. The number of allylic oxidation sites excluding steroid dienone is 3. The van der Waals surface area contributed by atoms with Gasteiger partial charge in [-0.3, -0.25) is 9.69 Å². The molecule has 39 heavy (non-hydrogen) atoms. The van der Waals surface area contributed by atoms with Gasteiger partial charge in [0.15, 0.2) is 5.82 Å². The summed E-state index contributed by atoms with van der Waals surface area (Å²) >= 11 is 0. The maximum Gasteiger partial charge on any atom is 0.275 e. The van der Waals surface area contributed by atoms with Crippen LogP contribution in [0.25, 0.3) is 0 Å². The van der Waals surface area contributed by atoms with Crippen LogP contribution in [-0.2, 0) is 11.2 Å². The first kappa shape index (κ1) is 26.3. The molecule has 0 spiro atoms. The Kier molecular flexibility index (Phi) is 7.35. The summed E-state index contributed by atoms with van der Waals surface area (Å²) in [5, 5.41) is 0. The monoisotopic (exact) mass is 530 g/mol. The van der Waals surface area contributed by atoms with Gasteiger partial charge in [-0.25, -0.2) is 4.98 Å². The Morgan fingerprint density at radius 3 is 2.64 bits per heavy atom. The molecule has 1 saturated carbocycles. The Morgan fingerprint density at radius 1 is 1.10 bits per heavy atom. The number of hydrogen-bond acceptors (Lipinski definition) is 6. The summed E-state index contributed by atoms with van der Waals surface area (Å²) in [5.41, 5.74) is 2.26. The number of aromatic nitrogens is 2. The molecule has 0 radical (unpaired) electrons. The van der Waals surface area contributed by atoms with Gasteiger partial charge >= 0.3 is 0 Å². The molecule has 1 saturated heterocycles. The van der Waals surface area contributed by atoms with E-state index in [1.165, 1.54) is 12.0 Å². The van der Waals surface area contributed by atoms with Gasteiger partial charge in [0.25, 0.3) is 5.91 Å². The zero-order valence-corrected chi connectivity index (χ0v) is 23.6. The molecule has 6 rings (SSSR count). The number of H-pyrrole nitrogens is 1. The Balaban J connectivity index is 1.11. The lowest BCUT2D eigenvalue weighted by Gasteiger charge is -2.43. The fraction of sp³-hybridized carbons (Fsp3) is 0.548. The van der Waals surface area contributed by atoms with Crippen LogP contribution < -0.4 is 4.90 Å². The van der Waals surface area contributed by atoms with E-state index in [2.05, 4.69) is 88.2 Å². The van der Waals surface area contributed by atoms with Gasteiger partial charge in [0.05, 0.1) is 0 Å². The highest BCUT2D eigenvalue weighted by molar-refractivity contribution is 5.97. The summed E-state index contributed by atoms with van der Waals surface area (Å²) in [6.45, 7) is 11.0. The number of amides is 1. The van der Waals surface area contributed by atoms with Crippen molar-refractivity contribution in [2.24, 2.45) is 17.3 Å². The van der Waals surface area contributed by atoms with Crippen molar-refractivity contribution in [3.05, 3.63) is 71.7 Å². The van der Waals surface area contributed by atoms with Crippen LogP contribution in [0.4, 0.5) is 5.82 Å². The highest BCUT2D eigenvalue weighted by Gasteiger charge is 2.58. The molecule has 8 nitrogen and oxygen atoms in total. The molecule has 1 aromatic carbocycles. The molecule has 3 atom stereocenters. The smallest absolute Gasteiger partial charge is 0.275 e. The fourth-order valence-electron chi connectivity index (χ4n) is 6.69. The molecule has 208 valence electrons. The first-order chi connectivity index (χ1) is 18.9. The molecule has 2 fully saturated rings. The van der Waals surface area contributed by atoms with Gasteiger partial charge in [-0.1, -0.05) is 68.5 Å². The lowest BCUT2D eigenvalue weighted by Crippen LogP contribution is -2.50. The zero-order valence-electron chi connectivity index (χ0n) is 23.6. The standard InChI is InChI=1S/C31H42N6O2/c1-23(2)20-37-22-39-21-34(3)30(38)27-29(37)33-26(32-27)12-14-35-15-17-36(18-16-35)28(24-9-5-4-6-10-24)31-13-8-7-11-25(31)19-31/h4-11,13,23,25,28H,12,14-22H2,1-3H3,(H,32,33). The van der Waals surface area contributed by atoms with Crippen LogP contribution in [0.5, 0.6) is 0 Å². The van der Waals surface area contributed by atoms with Gasteiger partial charge in [0, 0.05) is 64.2 Å². The minimum absolute atomic E-state index is 0.0675. The van der Waals surface area contributed by atoms with E-state index in [0.717, 1.165) is 57.3 Å². The predicted octanol–water partition coefficient (Wildman–Crippen LogP) is 3.92. The number of anilines is 1. The molecule has 2 aromatic rings. The number of hydrogen-bond donors (Lipinski definition) is 1. The number of carbonyl (C=O) groups is 1. The Bertz CT molecular complexity index is 1210. The van der Waals surface area contributed by atoms with Gasteiger partial charge in [-0.05, 0) is 23.8 Å². The van der Waals surface area contributed by atoms with Crippen molar-refractivity contribution in [2.75, 3.05) is 64.7 Å². The third-order valence-electron chi connectivity index (χ3n) is 8.74. The summed E-state index contributed by atoms with van der Waals surface area (Å²) in [4.78, 5) is 30.3. The first-order valence-electron chi connectivity index (χ1n) is 14.5. The number of rotatable bonds is 8. The van der Waals surface area contributed by atoms with E-state index < -0.39 is 0 Å². The van der Waals surface area contributed by atoms with Crippen LogP contribution >= 0.6 is 0 Å². The molecule has 0 bridgehead atoms. The number of fused-ring (bicyclic) bond motifs is 2. The second kappa shape index (κ2) is 10.9. The number of aromatic amines is 1. The average Bonchev–Trinajstić information content (AvgIpc) is 3.53. The van der Waals surface area contributed by atoms with E-state index in [-0.39, 0.29) is 18.1 Å². The fourth-order valence-corrected chi connectivity index (χ4v) is 6.69. The largest absolute Gasteiger partial charge is 0.341 e. The normalized spacial score (nSPS) is 26.4. The molecule has 1 amide bonds. The van der Waals surface area contributed by atoms with Crippen molar-refractivity contribution in [2.45, 2.75) is 32.7 Å². The van der Waals surface area contributed by atoms with Crippen LogP contribution in [0.2, 0.25) is 0 Å². The van der Waals surface area contributed by atoms with E-state index in [0.29, 0.717) is 30.3 Å². The van der Waals surface area contributed by atoms with Crippen molar-refractivity contribution in [1.82, 2.24) is 24.7 Å². The lowest BCUT2D eigenvalue weighted by atomic mass is 9.84. The number of piperazine rings is 1. The second-order valence-electron chi connectivity index (χ2n) is 12.1. The predicted molar refractivity (Wildman–Crippen MR) is 153 cm³/mol. The number of nitrogens with zero attached hydrogens (tertiary/aromatic N) is 5. The highest BCUT2D eigenvalue weighted by atomic mass is 16.5. The SMILES string of the molecule is CC(C)CN1COCN(C)C(=O)c2[nH]c(CCN3CCN(C(c4ccccc4)C45C=CC=CC4C5)CC3)nc21. The summed E-state index contributed by atoms with van der Waals surface area (Å²) in [6.07, 6.45) is 11.4. The second-order valence-corrected chi connectivity index (χ2v) is 12.1. The molecule has 8 heteroatoms. The molecular weight excluding hydrogens is 488 g/mol. The molecular formula is C31H42N6O2. The van der Waals surface area contributed by atoms with Gasteiger partial charge < -0.3 is 24.4 Å². The van der Waals surface area contributed by atoms with Crippen LogP contribution in [0, 0.1) is 17.3 Å². The number of carbonyl (C=O) groups excluding carboxylic acids is 1. The van der Waals surface area contributed by atoms with E-state index >= 15 is 0 Å². The first-order valence-corrected chi connectivity index (χ1v) is 14.5. The van der Waals surface area contributed by atoms with E-state index in [9.17, 15) is 4.79 Å².